The maximum atomic E-state index is 13.4. The highest BCUT2D eigenvalue weighted by atomic mass is 19.1. The van der Waals surface area contributed by atoms with Crippen molar-refractivity contribution >= 4 is 5.97 Å². The predicted octanol–water partition coefficient (Wildman–Crippen LogP) is 3.82. The second-order valence-electron chi connectivity index (χ2n) is 5.68. The molecule has 128 valence electrons. The molecule has 1 atom stereocenters. The summed E-state index contributed by atoms with van der Waals surface area (Å²) >= 11 is 0. The fourth-order valence-electron chi connectivity index (χ4n) is 2.53. The Morgan fingerprint density at radius 3 is 2.79 bits per heavy atom. The molecule has 1 unspecified atom stereocenters. The summed E-state index contributed by atoms with van der Waals surface area (Å²) in [7, 11) is 1.45. The lowest BCUT2D eigenvalue weighted by atomic mass is 10.1. The van der Waals surface area contributed by atoms with E-state index in [0.29, 0.717) is 5.56 Å². The molecule has 0 bridgehead atoms. The lowest BCUT2D eigenvalue weighted by Crippen LogP contribution is -2.20. The molecule has 4 nitrogen and oxygen atoms in total. The average Bonchev–Trinajstić information content (AvgIpc) is 2.59. The molecular weight excluding hydrogens is 309 g/mol. The standard InChI is InChI=1S/C19H22FNO3/c1-13(15-8-9-17(20)18(12-15)24-2)21-10-4-6-14-5-3-7-16(11-14)19(22)23/h3,5,7-9,11-13,21H,4,6,10H2,1-2H3,(H,22,23). The highest BCUT2D eigenvalue weighted by Gasteiger charge is 2.09. The first-order valence-electron chi connectivity index (χ1n) is 7.90. The quantitative estimate of drug-likeness (QED) is 0.722. The first-order chi connectivity index (χ1) is 11.5. The molecular formula is C19H22FNO3. The van der Waals surface area contributed by atoms with Gasteiger partial charge in [0.05, 0.1) is 12.7 Å². The number of carbonyl (C=O) groups is 1. The molecule has 24 heavy (non-hydrogen) atoms. The van der Waals surface area contributed by atoms with E-state index in [-0.39, 0.29) is 17.6 Å². The van der Waals surface area contributed by atoms with Crippen molar-refractivity contribution in [3.63, 3.8) is 0 Å². The third-order valence-electron chi connectivity index (χ3n) is 3.94. The van der Waals surface area contributed by atoms with Crippen LogP contribution in [0.4, 0.5) is 4.39 Å². The summed E-state index contributed by atoms with van der Waals surface area (Å²) in [6, 6.07) is 11.9. The van der Waals surface area contributed by atoms with Gasteiger partial charge in [-0.3, -0.25) is 0 Å². The van der Waals surface area contributed by atoms with Gasteiger partial charge < -0.3 is 15.2 Å². The Labute approximate surface area is 141 Å². The lowest BCUT2D eigenvalue weighted by Gasteiger charge is -2.15. The van der Waals surface area contributed by atoms with Gasteiger partial charge in [-0.15, -0.1) is 0 Å². The van der Waals surface area contributed by atoms with Crippen LogP contribution in [0.1, 0.15) is 40.9 Å². The van der Waals surface area contributed by atoms with Gasteiger partial charge in [0.15, 0.2) is 11.6 Å². The monoisotopic (exact) mass is 331 g/mol. The Kier molecular flexibility index (Phi) is 6.32. The third-order valence-corrected chi connectivity index (χ3v) is 3.94. The molecule has 2 rings (SSSR count). The van der Waals surface area contributed by atoms with E-state index in [1.165, 1.54) is 13.2 Å². The highest BCUT2D eigenvalue weighted by molar-refractivity contribution is 5.87. The number of aryl methyl sites for hydroxylation is 1. The van der Waals surface area contributed by atoms with Crippen LogP contribution in [0.3, 0.4) is 0 Å². The normalized spacial score (nSPS) is 12.0. The third kappa shape index (κ3) is 4.80. The van der Waals surface area contributed by atoms with Gasteiger partial charge in [-0.1, -0.05) is 18.2 Å². The fourth-order valence-corrected chi connectivity index (χ4v) is 2.53. The van der Waals surface area contributed by atoms with Crippen molar-refractivity contribution in [3.05, 3.63) is 65.0 Å². The van der Waals surface area contributed by atoms with E-state index in [9.17, 15) is 9.18 Å². The maximum Gasteiger partial charge on any atom is 0.335 e. The van der Waals surface area contributed by atoms with Crippen LogP contribution in [0.15, 0.2) is 42.5 Å². The number of rotatable bonds is 8. The number of carboxylic acids is 1. The zero-order chi connectivity index (χ0) is 17.5. The molecule has 0 aliphatic carbocycles. The number of halogens is 1. The van der Waals surface area contributed by atoms with Gasteiger partial charge in [-0.25, -0.2) is 9.18 Å². The Bertz CT molecular complexity index is 703. The summed E-state index contributed by atoms with van der Waals surface area (Å²) in [6.07, 6.45) is 1.68. The summed E-state index contributed by atoms with van der Waals surface area (Å²) < 4.78 is 18.4. The summed E-state index contributed by atoms with van der Waals surface area (Å²) in [5.74, 6) is -1.03. The van der Waals surface area contributed by atoms with Crippen molar-refractivity contribution in [2.45, 2.75) is 25.8 Å². The van der Waals surface area contributed by atoms with Crippen LogP contribution in [0.2, 0.25) is 0 Å². The molecule has 0 saturated heterocycles. The lowest BCUT2D eigenvalue weighted by molar-refractivity contribution is 0.0696. The summed E-state index contributed by atoms with van der Waals surface area (Å²) in [4.78, 5) is 11.0. The molecule has 0 spiro atoms. The molecule has 0 radical (unpaired) electrons. The van der Waals surface area contributed by atoms with Gasteiger partial charge in [0, 0.05) is 6.04 Å². The van der Waals surface area contributed by atoms with E-state index in [4.69, 9.17) is 9.84 Å². The van der Waals surface area contributed by atoms with Crippen LogP contribution in [-0.2, 0) is 6.42 Å². The maximum absolute atomic E-state index is 13.4. The first-order valence-corrected chi connectivity index (χ1v) is 7.90. The number of methoxy groups -OCH3 is 1. The van der Waals surface area contributed by atoms with Crippen LogP contribution >= 0.6 is 0 Å². The Balaban J connectivity index is 1.83. The van der Waals surface area contributed by atoms with Gasteiger partial charge in [0.25, 0.3) is 0 Å². The molecule has 2 N–H and O–H groups in total. The van der Waals surface area contributed by atoms with Gasteiger partial charge in [-0.05, 0) is 61.7 Å². The molecule has 0 saturated carbocycles. The van der Waals surface area contributed by atoms with E-state index in [1.807, 2.05) is 13.0 Å². The van der Waals surface area contributed by atoms with E-state index in [1.54, 1.807) is 30.3 Å². The molecule has 0 amide bonds. The smallest absolute Gasteiger partial charge is 0.335 e. The number of hydrogen-bond donors (Lipinski definition) is 2. The van der Waals surface area contributed by atoms with Crippen LogP contribution in [0, 0.1) is 5.82 Å². The second-order valence-corrected chi connectivity index (χ2v) is 5.68. The summed E-state index contributed by atoms with van der Waals surface area (Å²) in [5, 5.41) is 12.4. The van der Waals surface area contributed by atoms with Crippen LogP contribution < -0.4 is 10.1 Å². The molecule has 2 aromatic carbocycles. The number of benzene rings is 2. The number of aromatic carboxylic acids is 1. The van der Waals surface area contributed by atoms with Crippen LogP contribution in [0.25, 0.3) is 0 Å². The van der Waals surface area contributed by atoms with Crippen molar-refractivity contribution in [1.82, 2.24) is 5.32 Å². The van der Waals surface area contributed by atoms with Crippen molar-refractivity contribution in [1.29, 1.82) is 0 Å². The van der Waals surface area contributed by atoms with E-state index in [0.717, 1.165) is 30.5 Å². The Morgan fingerprint density at radius 2 is 2.08 bits per heavy atom. The van der Waals surface area contributed by atoms with Gasteiger partial charge in [0.1, 0.15) is 0 Å². The number of nitrogens with one attached hydrogen (secondary N) is 1. The minimum absolute atomic E-state index is 0.0739. The number of hydrogen-bond acceptors (Lipinski definition) is 3. The van der Waals surface area contributed by atoms with Crippen molar-refractivity contribution in [3.8, 4) is 5.75 Å². The van der Waals surface area contributed by atoms with Crippen molar-refractivity contribution < 1.29 is 19.0 Å². The highest BCUT2D eigenvalue weighted by Crippen LogP contribution is 2.22. The molecule has 5 heteroatoms. The van der Waals surface area contributed by atoms with Crippen LogP contribution in [0.5, 0.6) is 5.75 Å². The zero-order valence-electron chi connectivity index (χ0n) is 13.9. The van der Waals surface area contributed by atoms with E-state index >= 15 is 0 Å². The largest absolute Gasteiger partial charge is 0.494 e. The average molecular weight is 331 g/mol. The second kappa shape index (κ2) is 8.45. The molecule has 2 aromatic rings. The zero-order valence-corrected chi connectivity index (χ0v) is 13.9. The van der Waals surface area contributed by atoms with Gasteiger partial charge >= 0.3 is 5.97 Å². The van der Waals surface area contributed by atoms with E-state index in [2.05, 4.69) is 5.32 Å². The molecule has 0 fully saturated rings. The number of carboxylic acid groups (broad SMARTS) is 1. The van der Waals surface area contributed by atoms with Gasteiger partial charge in [0.2, 0.25) is 0 Å². The van der Waals surface area contributed by atoms with Gasteiger partial charge in [-0.2, -0.15) is 0 Å². The predicted molar refractivity (Wildman–Crippen MR) is 91.1 cm³/mol. The molecule has 0 aliphatic heterocycles. The van der Waals surface area contributed by atoms with Crippen molar-refractivity contribution in [2.24, 2.45) is 0 Å². The topological polar surface area (TPSA) is 58.6 Å². The minimum Gasteiger partial charge on any atom is -0.494 e. The Hall–Kier alpha value is -2.40. The molecule has 0 heterocycles. The summed E-state index contributed by atoms with van der Waals surface area (Å²) in [5.41, 5.74) is 2.28. The van der Waals surface area contributed by atoms with E-state index < -0.39 is 5.97 Å². The fraction of sp³-hybridized carbons (Fsp3) is 0.316. The molecule has 0 aliphatic rings. The summed E-state index contributed by atoms with van der Waals surface area (Å²) in [6.45, 7) is 2.79. The van der Waals surface area contributed by atoms with Crippen molar-refractivity contribution in [2.75, 3.05) is 13.7 Å². The van der Waals surface area contributed by atoms with Crippen LogP contribution in [-0.4, -0.2) is 24.7 Å². The Morgan fingerprint density at radius 1 is 1.29 bits per heavy atom. The number of ether oxygens (including phenoxy) is 1. The SMILES string of the molecule is COc1cc(C(C)NCCCc2cccc(C(=O)O)c2)ccc1F. The first kappa shape index (κ1) is 17.9. The minimum atomic E-state index is -0.908. The molecule has 0 aromatic heterocycles.